The molecule has 1 atom stereocenters. The van der Waals surface area contributed by atoms with Gasteiger partial charge in [0.05, 0.1) is 14.2 Å². The van der Waals surface area contributed by atoms with Gasteiger partial charge in [-0.2, -0.15) is 0 Å². The lowest BCUT2D eigenvalue weighted by atomic mass is 10.0. The van der Waals surface area contributed by atoms with E-state index in [-0.39, 0.29) is 0 Å². The van der Waals surface area contributed by atoms with E-state index in [1.807, 2.05) is 12.1 Å². The largest absolute Gasteiger partial charge is 0.497 e. The minimum Gasteiger partial charge on any atom is -0.497 e. The summed E-state index contributed by atoms with van der Waals surface area (Å²) in [5.74, 6) is 2.40. The quantitative estimate of drug-likeness (QED) is 0.808. The van der Waals surface area contributed by atoms with Crippen LogP contribution in [0.2, 0.25) is 0 Å². The van der Waals surface area contributed by atoms with Crippen molar-refractivity contribution in [3.05, 3.63) is 23.8 Å². The first kappa shape index (κ1) is 14.8. The molecule has 1 rings (SSSR count). The number of hydrogen-bond donors (Lipinski definition) is 1. The van der Waals surface area contributed by atoms with Crippen LogP contribution in [0, 0.1) is 5.92 Å². The fourth-order valence-electron chi connectivity index (χ4n) is 1.86. The Morgan fingerprint density at radius 1 is 1.11 bits per heavy atom. The third kappa shape index (κ3) is 4.57. The third-order valence-corrected chi connectivity index (χ3v) is 2.89. The smallest absolute Gasteiger partial charge is 0.125 e. The van der Waals surface area contributed by atoms with Gasteiger partial charge < -0.3 is 14.8 Å². The molecular weight excluding hydrogens is 226 g/mol. The lowest BCUT2D eigenvalue weighted by Gasteiger charge is -2.17. The molecule has 3 heteroatoms. The molecule has 0 saturated heterocycles. The molecule has 0 heterocycles. The molecule has 1 unspecified atom stereocenters. The molecule has 1 N–H and O–H groups in total. The van der Waals surface area contributed by atoms with Crippen molar-refractivity contribution in [2.75, 3.05) is 20.8 Å². The second-order valence-corrected chi connectivity index (χ2v) is 5.09. The van der Waals surface area contributed by atoms with E-state index in [2.05, 4.69) is 32.2 Å². The Morgan fingerprint density at radius 3 is 2.39 bits per heavy atom. The predicted molar refractivity (Wildman–Crippen MR) is 75.6 cm³/mol. The monoisotopic (exact) mass is 251 g/mol. The summed E-state index contributed by atoms with van der Waals surface area (Å²) < 4.78 is 10.6. The first-order chi connectivity index (χ1) is 8.56. The number of ether oxygens (including phenoxy) is 2. The zero-order chi connectivity index (χ0) is 13.5. The van der Waals surface area contributed by atoms with Crippen molar-refractivity contribution < 1.29 is 9.47 Å². The maximum Gasteiger partial charge on any atom is 0.125 e. The van der Waals surface area contributed by atoms with Crippen LogP contribution in [0.1, 0.15) is 26.3 Å². The van der Waals surface area contributed by atoms with Gasteiger partial charge in [-0.05, 0) is 37.4 Å². The van der Waals surface area contributed by atoms with Gasteiger partial charge in [0.2, 0.25) is 0 Å². The van der Waals surface area contributed by atoms with E-state index in [9.17, 15) is 0 Å². The fourth-order valence-corrected chi connectivity index (χ4v) is 1.86. The van der Waals surface area contributed by atoms with Gasteiger partial charge in [0.15, 0.2) is 0 Å². The SMILES string of the molecule is COc1ccc(CC(C)NCC(C)C)c(OC)c1. The van der Waals surface area contributed by atoms with Crippen molar-refractivity contribution in [3.8, 4) is 11.5 Å². The topological polar surface area (TPSA) is 30.5 Å². The Morgan fingerprint density at radius 2 is 1.83 bits per heavy atom. The average Bonchev–Trinajstić information content (AvgIpc) is 2.36. The van der Waals surface area contributed by atoms with Crippen LogP contribution in [0.15, 0.2) is 18.2 Å². The van der Waals surface area contributed by atoms with E-state index in [0.717, 1.165) is 24.5 Å². The van der Waals surface area contributed by atoms with Crippen LogP contribution in [-0.2, 0) is 6.42 Å². The number of nitrogens with one attached hydrogen (secondary N) is 1. The maximum absolute atomic E-state index is 5.41. The van der Waals surface area contributed by atoms with Crippen molar-refractivity contribution >= 4 is 0 Å². The minimum absolute atomic E-state index is 0.440. The Balaban J connectivity index is 2.65. The van der Waals surface area contributed by atoms with Crippen molar-refractivity contribution in [3.63, 3.8) is 0 Å². The van der Waals surface area contributed by atoms with E-state index in [4.69, 9.17) is 9.47 Å². The Kier molecular flexibility index (Phi) is 5.99. The Hall–Kier alpha value is -1.22. The number of benzene rings is 1. The van der Waals surface area contributed by atoms with E-state index in [1.165, 1.54) is 5.56 Å². The van der Waals surface area contributed by atoms with Crippen LogP contribution < -0.4 is 14.8 Å². The van der Waals surface area contributed by atoms with Crippen LogP contribution in [0.25, 0.3) is 0 Å². The van der Waals surface area contributed by atoms with Gasteiger partial charge in [0, 0.05) is 12.1 Å². The highest BCUT2D eigenvalue weighted by molar-refractivity contribution is 5.41. The molecule has 0 spiro atoms. The summed E-state index contributed by atoms with van der Waals surface area (Å²) in [5, 5.41) is 3.52. The molecule has 0 aliphatic heterocycles. The highest BCUT2D eigenvalue weighted by Crippen LogP contribution is 2.25. The summed E-state index contributed by atoms with van der Waals surface area (Å²) in [5.41, 5.74) is 1.21. The maximum atomic E-state index is 5.41. The molecule has 0 radical (unpaired) electrons. The molecule has 3 nitrogen and oxygen atoms in total. The van der Waals surface area contributed by atoms with Crippen LogP contribution in [0.3, 0.4) is 0 Å². The summed E-state index contributed by atoms with van der Waals surface area (Å²) >= 11 is 0. The third-order valence-electron chi connectivity index (χ3n) is 2.89. The zero-order valence-electron chi connectivity index (χ0n) is 12.1. The summed E-state index contributed by atoms with van der Waals surface area (Å²) in [6, 6.07) is 6.43. The lowest BCUT2D eigenvalue weighted by Crippen LogP contribution is -2.31. The molecule has 0 aliphatic rings. The fraction of sp³-hybridized carbons (Fsp3) is 0.600. The minimum atomic E-state index is 0.440. The predicted octanol–water partition coefficient (Wildman–Crippen LogP) is 2.88. The van der Waals surface area contributed by atoms with E-state index in [0.29, 0.717) is 12.0 Å². The summed E-state index contributed by atoms with van der Waals surface area (Å²) in [4.78, 5) is 0. The summed E-state index contributed by atoms with van der Waals surface area (Å²) in [6.07, 6.45) is 0.958. The number of rotatable bonds is 7. The van der Waals surface area contributed by atoms with Gasteiger partial charge in [-0.1, -0.05) is 19.9 Å². The van der Waals surface area contributed by atoms with Gasteiger partial charge in [-0.15, -0.1) is 0 Å². The van der Waals surface area contributed by atoms with Crippen LogP contribution in [0.5, 0.6) is 11.5 Å². The molecule has 0 fully saturated rings. The normalized spacial score (nSPS) is 12.6. The Labute approximate surface area is 110 Å². The van der Waals surface area contributed by atoms with Crippen molar-refractivity contribution in [2.45, 2.75) is 33.2 Å². The molecule has 1 aromatic carbocycles. The second-order valence-electron chi connectivity index (χ2n) is 5.09. The van der Waals surface area contributed by atoms with Gasteiger partial charge in [0.1, 0.15) is 11.5 Å². The van der Waals surface area contributed by atoms with Gasteiger partial charge >= 0.3 is 0 Å². The van der Waals surface area contributed by atoms with Crippen LogP contribution in [0.4, 0.5) is 0 Å². The highest BCUT2D eigenvalue weighted by atomic mass is 16.5. The van der Waals surface area contributed by atoms with Crippen molar-refractivity contribution in [1.29, 1.82) is 0 Å². The van der Waals surface area contributed by atoms with Crippen LogP contribution >= 0.6 is 0 Å². The molecule has 0 aromatic heterocycles. The van der Waals surface area contributed by atoms with E-state index >= 15 is 0 Å². The molecule has 0 amide bonds. The highest BCUT2D eigenvalue weighted by Gasteiger charge is 2.09. The van der Waals surface area contributed by atoms with Gasteiger partial charge in [-0.25, -0.2) is 0 Å². The molecule has 102 valence electrons. The second kappa shape index (κ2) is 7.27. The van der Waals surface area contributed by atoms with Gasteiger partial charge in [0.25, 0.3) is 0 Å². The molecular formula is C15H25NO2. The first-order valence-corrected chi connectivity index (χ1v) is 6.51. The summed E-state index contributed by atoms with van der Waals surface area (Å²) in [7, 11) is 3.37. The van der Waals surface area contributed by atoms with Crippen molar-refractivity contribution in [1.82, 2.24) is 5.32 Å². The standard InChI is InChI=1S/C15H25NO2/c1-11(2)10-16-12(3)8-13-6-7-14(17-4)9-15(13)18-5/h6-7,9,11-12,16H,8,10H2,1-5H3. The van der Waals surface area contributed by atoms with Crippen LogP contribution in [-0.4, -0.2) is 26.8 Å². The molecule has 0 bridgehead atoms. The van der Waals surface area contributed by atoms with E-state index < -0.39 is 0 Å². The molecule has 18 heavy (non-hydrogen) atoms. The lowest BCUT2D eigenvalue weighted by molar-refractivity contribution is 0.388. The Bertz CT molecular complexity index is 364. The summed E-state index contributed by atoms with van der Waals surface area (Å²) in [6.45, 7) is 7.67. The number of hydrogen-bond acceptors (Lipinski definition) is 3. The first-order valence-electron chi connectivity index (χ1n) is 6.51. The van der Waals surface area contributed by atoms with E-state index in [1.54, 1.807) is 14.2 Å². The average molecular weight is 251 g/mol. The van der Waals surface area contributed by atoms with Gasteiger partial charge in [-0.3, -0.25) is 0 Å². The molecule has 0 saturated carbocycles. The number of methoxy groups -OCH3 is 2. The zero-order valence-corrected chi connectivity index (χ0v) is 12.1. The van der Waals surface area contributed by atoms with Crippen molar-refractivity contribution in [2.24, 2.45) is 5.92 Å². The molecule has 0 aliphatic carbocycles. The molecule has 1 aromatic rings.